The molecule has 3 aliphatic rings. The van der Waals surface area contributed by atoms with E-state index in [2.05, 4.69) is 68.0 Å². The van der Waals surface area contributed by atoms with E-state index < -0.39 is 10.7 Å². The minimum atomic E-state index is -0.767. The number of halogens is 1. The molecule has 0 bridgehead atoms. The quantitative estimate of drug-likeness (QED) is 0.667. The van der Waals surface area contributed by atoms with Gasteiger partial charge in [0.2, 0.25) is 4.73 Å². The molecule has 2 unspecified atom stereocenters. The van der Waals surface area contributed by atoms with Crippen molar-refractivity contribution in [3.05, 3.63) is 46.2 Å². The Balaban J connectivity index is 1.58. The summed E-state index contributed by atoms with van der Waals surface area (Å²) in [6.45, 7) is 2.24. The molecule has 0 spiro atoms. The minimum absolute atomic E-state index is 0.0523. The van der Waals surface area contributed by atoms with Crippen molar-refractivity contribution in [2.24, 2.45) is 11.8 Å². The maximum atomic E-state index is 11.9. The monoisotopic (exact) mass is 459 g/mol. The molecule has 7 heteroatoms. The van der Waals surface area contributed by atoms with E-state index in [0.29, 0.717) is 28.6 Å². The molecule has 0 radical (unpaired) electrons. The summed E-state index contributed by atoms with van der Waals surface area (Å²) in [7, 11) is 0. The lowest BCUT2D eigenvalue weighted by Gasteiger charge is -2.37. The highest BCUT2D eigenvalue weighted by atomic mass is 79.9. The largest absolute Gasteiger partial charge is 0.480 e. The summed E-state index contributed by atoms with van der Waals surface area (Å²) < 4.78 is 1.98. The van der Waals surface area contributed by atoms with Gasteiger partial charge in [-0.3, -0.25) is 9.36 Å². The zero-order valence-corrected chi connectivity index (χ0v) is 18.0. The van der Waals surface area contributed by atoms with Crippen LogP contribution in [-0.4, -0.2) is 30.6 Å². The number of hydrogen-bond acceptors (Lipinski definition) is 4. The van der Waals surface area contributed by atoms with Gasteiger partial charge >= 0.3 is 5.97 Å². The van der Waals surface area contributed by atoms with Crippen LogP contribution in [0.3, 0.4) is 0 Å². The number of thioether (sulfide) groups is 1. The molecule has 1 heterocycles. The molecule has 28 heavy (non-hydrogen) atoms. The summed E-state index contributed by atoms with van der Waals surface area (Å²) in [6.07, 6.45) is 7.26. The number of carboxylic acids is 1. The predicted octanol–water partition coefficient (Wildman–Crippen LogP) is 5.17. The summed E-state index contributed by atoms with van der Waals surface area (Å²) >= 11 is 4.94. The number of fused-ring (bicyclic) bond motifs is 1. The van der Waals surface area contributed by atoms with Crippen molar-refractivity contribution in [1.29, 1.82) is 0 Å². The van der Waals surface area contributed by atoms with Gasteiger partial charge in [0.15, 0.2) is 5.16 Å². The molecule has 0 amide bonds. The average Bonchev–Trinajstić information content (AvgIpc) is 3.42. The highest BCUT2D eigenvalue weighted by molar-refractivity contribution is 9.10. The fourth-order valence-electron chi connectivity index (χ4n) is 4.48. The van der Waals surface area contributed by atoms with E-state index in [4.69, 9.17) is 0 Å². The second-order valence-electron chi connectivity index (χ2n) is 8.16. The Kier molecular flexibility index (Phi) is 4.43. The third-order valence-electron chi connectivity index (χ3n) is 6.29. The Hall–Kier alpha value is -1.60. The molecule has 2 saturated carbocycles. The SMILES string of the molecule is CC1C=C(C2CC2)c2ccccc2C1n1c(Br)nnc1SC1(C(=O)O)CCC1. The lowest BCUT2D eigenvalue weighted by Crippen LogP contribution is -2.42. The highest BCUT2D eigenvalue weighted by Crippen LogP contribution is 2.52. The van der Waals surface area contributed by atoms with Crippen LogP contribution in [0.5, 0.6) is 0 Å². The van der Waals surface area contributed by atoms with Gasteiger partial charge in [0, 0.05) is 0 Å². The van der Waals surface area contributed by atoms with Gasteiger partial charge in [0.05, 0.1) is 6.04 Å². The summed E-state index contributed by atoms with van der Waals surface area (Å²) in [4.78, 5) is 11.9. The zero-order chi connectivity index (χ0) is 19.5. The Morgan fingerprint density at radius 1 is 1.29 bits per heavy atom. The summed E-state index contributed by atoms with van der Waals surface area (Å²) in [6, 6.07) is 8.66. The zero-order valence-electron chi connectivity index (χ0n) is 15.6. The molecule has 0 saturated heterocycles. The first-order valence-corrected chi connectivity index (χ1v) is 11.4. The van der Waals surface area contributed by atoms with Gasteiger partial charge in [0.25, 0.3) is 0 Å². The van der Waals surface area contributed by atoms with Gasteiger partial charge in [-0.1, -0.05) is 49.0 Å². The number of nitrogens with zero attached hydrogens (tertiary/aromatic N) is 3. The molecular weight excluding hydrogens is 438 g/mol. The van der Waals surface area contributed by atoms with Crippen LogP contribution >= 0.6 is 27.7 Å². The van der Waals surface area contributed by atoms with Crippen LogP contribution in [-0.2, 0) is 4.79 Å². The van der Waals surface area contributed by atoms with Gasteiger partial charge in [-0.05, 0) is 76.6 Å². The summed E-state index contributed by atoms with van der Waals surface area (Å²) in [5.41, 5.74) is 4.07. The minimum Gasteiger partial charge on any atom is -0.480 e. The third kappa shape index (κ3) is 2.86. The molecule has 5 rings (SSSR count). The Morgan fingerprint density at radius 3 is 2.68 bits per heavy atom. The van der Waals surface area contributed by atoms with Crippen LogP contribution in [0.2, 0.25) is 0 Å². The van der Waals surface area contributed by atoms with Crippen molar-refractivity contribution in [2.75, 3.05) is 0 Å². The van der Waals surface area contributed by atoms with E-state index in [1.807, 2.05) is 0 Å². The fraction of sp³-hybridized carbons (Fsp3) is 0.476. The summed E-state index contributed by atoms with van der Waals surface area (Å²) in [5, 5.41) is 19.1. The molecular formula is C21H22BrN3O2S. The average molecular weight is 460 g/mol. The molecule has 1 aromatic heterocycles. The lowest BCUT2D eigenvalue weighted by molar-refractivity contribution is -0.142. The van der Waals surface area contributed by atoms with Crippen LogP contribution in [0.25, 0.3) is 5.57 Å². The number of allylic oxidation sites excluding steroid dienone is 2. The topological polar surface area (TPSA) is 68.0 Å². The number of aromatic nitrogens is 3. The normalized spacial score (nSPS) is 25.6. The van der Waals surface area contributed by atoms with Crippen molar-refractivity contribution in [1.82, 2.24) is 14.8 Å². The van der Waals surface area contributed by atoms with E-state index in [0.717, 1.165) is 6.42 Å². The molecule has 2 fully saturated rings. The Labute approximate surface area is 176 Å². The van der Waals surface area contributed by atoms with Gasteiger partial charge in [0.1, 0.15) is 4.75 Å². The van der Waals surface area contributed by atoms with Gasteiger partial charge in [-0.15, -0.1) is 10.2 Å². The number of rotatable bonds is 5. The smallest absolute Gasteiger partial charge is 0.320 e. The molecule has 2 aromatic rings. The first kappa shape index (κ1) is 18.4. The predicted molar refractivity (Wildman–Crippen MR) is 112 cm³/mol. The maximum Gasteiger partial charge on any atom is 0.320 e. The van der Waals surface area contributed by atoms with Gasteiger partial charge in [-0.25, -0.2) is 0 Å². The van der Waals surface area contributed by atoms with Crippen LogP contribution in [0.4, 0.5) is 0 Å². The highest BCUT2D eigenvalue weighted by Gasteiger charge is 2.47. The van der Waals surface area contributed by atoms with E-state index in [1.165, 1.54) is 41.3 Å². The number of carboxylic acid groups (broad SMARTS) is 1. The van der Waals surface area contributed by atoms with Gasteiger partial charge in [-0.2, -0.15) is 0 Å². The van der Waals surface area contributed by atoms with Crippen molar-refractivity contribution in [2.45, 2.75) is 55.0 Å². The van der Waals surface area contributed by atoms with E-state index >= 15 is 0 Å². The molecule has 1 aromatic carbocycles. The van der Waals surface area contributed by atoms with Crippen molar-refractivity contribution >= 4 is 39.2 Å². The van der Waals surface area contributed by atoms with Crippen LogP contribution in [0, 0.1) is 11.8 Å². The van der Waals surface area contributed by atoms with Crippen molar-refractivity contribution in [3.63, 3.8) is 0 Å². The molecule has 5 nitrogen and oxygen atoms in total. The third-order valence-corrected chi connectivity index (χ3v) is 8.26. The standard InChI is InChI=1S/C21H22BrN3O2S/c1-12-11-16(13-7-8-13)14-5-2-3-6-15(14)17(12)25-19(22)23-24-20(25)28-21(18(26)27)9-4-10-21/h2-3,5-6,11-13,17H,4,7-10H2,1H3,(H,26,27). The molecule has 0 aliphatic heterocycles. The molecule has 1 N–H and O–H groups in total. The molecule has 146 valence electrons. The van der Waals surface area contributed by atoms with Crippen molar-refractivity contribution in [3.8, 4) is 0 Å². The summed E-state index contributed by atoms with van der Waals surface area (Å²) in [5.74, 6) is 0.217. The van der Waals surface area contributed by atoms with Gasteiger partial charge < -0.3 is 5.11 Å². The number of carbonyl (C=O) groups is 1. The van der Waals surface area contributed by atoms with E-state index in [-0.39, 0.29) is 12.0 Å². The fourth-order valence-corrected chi connectivity index (χ4v) is 6.38. The van der Waals surface area contributed by atoms with Crippen LogP contribution < -0.4 is 0 Å². The van der Waals surface area contributed by atoms with E-state index in [9.17, 15) is 9.90 Å². The second kappa shape index (κ2) is 6.73. The van der Waals surface area contributed by atoms with Crippen LogP contribution in [0.15, 0.2) is 40.2 Å². The molecule has 2 atom stereocenters. The van der Waals surface area contributed by atoms with E-state index in [1.54, 1.807) is 0 Å². The lowest BCUT2D eigenvalue weighted by atomic mass is 9.80. The second-order valence-corrected chi connectivity index (χ2v) is 10.2. The number of benzene rings is 1. The number of aliphatic carboxylic acids is 1. The maximum absolute atomic E-state index is 11.9. The van der Waals surface area contributed by atoms with Crippen molar-refractivity contribution < 1.29 is 9.90 Å². The first-order valence-electron chi connectivity index (χ1n) is 9.84. The Morgan fingerprint density at radius 2 is 2.04 bits per heavy atom. The number of hydrogen-bond donors (Lipinski definition) is 1. The first-order chi connectivity index (χ1) is 13.5. The molecule has 3 aliphatic carbocycles. The van der Waals surface area contributed by atoms with Crippen LogP contribution in [0.1, 0.15) is 56.2 Å². The Bertz CT molecular complexity index is 978.